The minimum atomic E-state index is -0.281. The quantitative estimate of drug-likeness (QED) is 0.631. The van der Waals surface area contributed by atoms with Crippen molar-refractivity contribution in [1.82, 2.24) is 4.57 Å². The van der Waals surface area contributed by atoms with Crippen LogP contribution in [0, 0.1) is 0 Å². The molecule has 0 spiro atoms. The van der Waals surface area contributed by atoms with Crippen molar-refractivity contribution in [1.29, 1.82) is 0 Å². The fraction of sp³-hybridized carbons (Fsp3) is 0.444. The van der Waals surface area contributed by atoms with Gasteiger partial charge in [0.05, 0.1) is 0 Å². The average molecular weight is 167 g/mol. The highest BCUT2D eigenvalue weighted by molar-refractivity contribution is 5.69. The lowest BCUT2D eigenvalue weighted by Gasteiger charge is -2.04. The molecule has 0 radical (unpaired) electrons. The molecule has 0 amide bonds. The summed E-state index contributed by atoms with van der Waals surface area (Å²) in [6, 6.07) is 2.18. The lowest BCUT2D eigenvalue weighted by atomic mass is 10.4. The van der Waals surface area contributed by atoms with Crippen LogP contribution in [0.5, 0.6) is 5.75 Å². The zero-order chi connectivity index (χ0) is 9.14. The van der Waals surface area contributed by atoms with E-state index in [1.165, 1.54) is 6.92 Å². The van der Waals surface area contributed by atoms with E-state index >= 15 is 0 Å². The van der Waals surface area contributed by atoms with E-state index in [1.807, 2.05) is 17.0 Å². The Morgan fingerprint density at radius 2 is 2.25 bits per heavy atom. The molecule has 0 aliphatic heterocycles. The van der Waals surface area contributed by atoms with E-state index in [9.17, 15) is 4.79 Å². The third-order valence-electron chi connectivity index (χ3n) is 1.55. The molecule has 0 saturated carbocycles. The van der Waals surface area contributed by atoms with Gasteiger partial charge in [-0.3, -0.25) is 4.79 Å². The van der Waals surface area contributed by atoms with E-state index in [0.717, 1.165) is 0 Å². The summed E-state index contributed by atoms with van der Waals surface area (Å²) in [6.07, 6.45) is 3.70. The largest absolute Gasteiger partial charge is 0.425 e. The van der Waals surface area contributed by atoms with Crippen LogP contribution in [-0.4, -0.2) is 10.5 Å². The Labute approximate surface area is 72.0 Å². The Hall–Kier alpha value is -1.25. The maximum absolute atomic E-state index is 10.6. The topological polar surface area (TPSA) is 31.2 Å². The van der Waals surface area contributed by atoms with Crippen LogP contribution in [0.15, 0.2) is 18.5 Å². The molecule has 0 aliphatic carbocycles. The van der Waals surface area contributed by atoms with Gasteiger partial charge in [-0.2, -0.15) is 0 Å². The van der Waals surface area contributed by atoms with Crippen LogP contribution in [0.1, 0.15) is 26.8 Å². The van der Waals surface area contributed by atoms with Gasteiger partial charge in [0.2, 0.25) is 0 Å². The molecule has 66 valence electrons. The van der Waals surface area contributed by atoms with Crippen molar-refractivity contribution in [2.75, 3.05) is 0 Å². The van der Waals surface area contributed by atoms with E-state index in [0.29, 0.717) is 11.8 Å². The Kier molecular flexibility index (Phi) is 2.53. The van der Waals surface area contributed by atoms with Gasteiger partial charge in [0.25, 0.3) is 0 Å². The zero-order valence-corrected chi connectivity index (χ0v) is 7.57. The fourth-order valence-corrected chi connectivity index (χ4v) is 0.940. The Morgan fingerprint density at radius 1 is 1.58 bits per heavy atom. The molecule has 0 aliphatic rings. The van der Waals surface area contributed by atoms with Gasteiger partial charge in [0.1, 0.15) is 5.75 Å². The Bertz CT molecular complexity index is 276. The number of esters is 1. The number of hydrogen-bond donors (Lipinski definition) is 0. The highest BCUT2D eigenvalue weighted by Crippen LogP contribution is 2.14. The molecule has 0 aromatic carbocycles. The third-order valence-corrected chi connectivity index (χ3v) is 1.55. The van der Waals surface area contributed by atoms with Crippen molar-refractivity contribution in [3.8, 4) is 5.75 Å². The standard InChI is InChI=1S/C9H13NO2/c1-7(2)10-5-4-9(6-10)12-8(3)11/h4-7H,1-3H3. The van der Waals surface area contributed by atoms with Gasteiger partial charge in [0.15, 0.2) is 0 Å². The van der Waals surface area contributed by atoms with E-state index < -0.39 is 0 Å². The predicted octanol–water partition coefficient (Wildman–Crippen LogP) is 1.99. The number of nitrogens with zero attached hydrogens (tertiary/aromatic N) is 1. The van der Waals surface area contributed by atoms with E-state index in [1.54, 1.807) is 6.07 Å². The number of carbonyl (C=O) groups excluding carboxylic acids is 1. The van der Waals surface area contributed by atoms with Crippen LogP contribution in [0.25, 0.3) is 0 Å². The van der Waals surface area contributed by atoms with Crippen LogP contribution < -0.4 is 4.74 Å². The number of aromatic nitrogens is 1. The summed E-state index contributed by atoms with van der Waals surface area (Å²) in [5.74, 6) is 0.327. The van der Waals surface area contributed by atoms with Gasteiger partial charge in [-0.1, -0.05) is 0 Å². The Morgan fingerprint density at radius 3 is 2.67 bits per heavy atom. The summed E-state index contributed by atoms with van der Waals surface area (Å²) in [4.78, 5) is 10.6. The van der Waals surface area contributed by atoms with Gasteiger partial charge < -0.3 is 9.30 Å². The number of ether oxygens (including phenoxy) is 1. The summed E-state index contributed by atoms with van der Waals surface area (Å²) in [5, 5.41) is 0. The van der Waals surface area contributed by atoms with Crippen molar-refractivity contribution in [3.05, 3.63) is 18.5 Å². The number of hydrogen-bond acceptors (Lipinski definition) is 2. The molecule has 3 nitrogen and oxygen atoms in total. The van der Waals surface area contributed by atoms with Crippen molar-refractivity contribution in [2.45, 2.75) is 26.8 Å². The van der Waals surface area contributed by atoms with Crippen LogP contribution >= 0.6 is 0 Å². The molecule has 3 heteroatoms. The first-order valence-corrected chi connectivity index (χ1v) is 3.95. The minimum Gasteiger partial charge on any atom is -0.425 e. The third kappa shape index (κ3) is 2.12. The predicted molar refractivity (Wildman–Crippen MR) is 46.1 cm³/mol. The van der Waals surface area contributed by atoms with Gasteiger partial charge >= 0.3 is 5.97 Å². The van der Waals surface area contributed by atoms with E-state index in [-0.39, 0.29) is 5.97 Å². The average Bonchev–Trinajstić information content (AvgIpc) is 2.34. The van der Waals surface area contributed by atoms with Crippen molar-refractivity contribution < 1.29 is 9.53 Å². The molecular formula is C9H13NO2. The molecule has 0 unspecified atom stereocenters. The maximum atomic E-state index is 10.6. The van der Waals surface area contributed by atoms with Crippen LogP contribution in [-0.2, 0) is 4.79 Å². The van der Waals surface area contributed by atoms with Crippen LogP contribution in [0.3, 0.4) is 0 Å². The molecular weight excluding hydrogens is 154 g/mol. The molecule has 1 aromatic rings. The molecule has 0 bridgehead atoms. The van der Waals surface area contributed by atoms with Gasteiger partial charge in [-0.25, -0.2) is 0 Å². The smallest absolute Gasteiger partial charge is 0.308 e. The molecule has 0 saturated heterocycles. The zero-order valence-electron chi connectivity index (χ0n) is 7.57. The summed E-state index contributed by atoms with van der Waals surface area (Å²) < 4.78 is 6.87. The van der Waals surface area contributed by atoms with Gasteiger partial charge in [-0.05, 0) is 19.9 Å². The Balaban J connectivity index is 2.70. The molecule has 0 atom stereocenters. The lowest BCUT2D eigenvalue weighted by Crippen LogP contribution is -2.01. The van der Waals surface area contributed by atoms with Gasteiger partial charge in [0, 0.05) is 25.4 Å². The summed E-state index contributed by atoms with van der Waals surface area (Å²) in [7, 11) is 0. The first-order chi connectivity index (χ1) is 5.59. The van der Waals surface area contributed by atoms with Crippen molar-refractivity contribution in [2.24, 2.45) is 0 Å². The first kappa shape index (κ1) is 8.84. The monoisotopic (exact) mass is 167 g/mol. The van der Waals surface area contributed by atoms with Crippen molar-refractivity contribution >= 4 is 5.97 Å². The summed E-state index contributed by atoms with van der Waals surface area (Å²) >= 11 is 0. The molecule has 1 aromatic heterocycles. The second kappa shape index (κ2) is 3.43. The normalized spacial score (nSPS) is 10.3. The first-order valence-electron chi connectivity index (χ1n) is 3.95. The van der Waals surface area contributed by atoms with E-state index in [4.69, 9.17) is 4.74 Å². The van der Waals surface area contributed by atoms with E-state index in [2.05, 4.69) is 13.8 Å². The molecule has 0 fully saturated rings. The van der Waals surface area contributed by atoms with Crippen LogP contribution in [0.4, 0.5) is 0 Å². The fourth-order valence-electron chi connectivity index (χ4n) is 0.940. The SMILES string of the molecule is CC(=O)Oc1ccn(C(C)C)c1. The molecule has 0 N–H and O–H groups in total. The minimum absolute atomic E-state index is 0.281. The summed E-state index contributed by atoms with van der Waals surface area (Å²) in [5.41, 5.74) is 0. The highest BCUT2D eigenvalue weighted by Gasteiger charge is 2.01. The second-order valence-corrected chi connectivity index (χ2v) is 2.98. The highest BCUT2D eigenvalue weighted by atomic mass is 16.5. The molecule has 12 heavy (non-hydrogen) atoms. The second-order valence-electron chi connectivity index (χ2n) is 2.98. The molecule has 1 rings (SSSR count). The van der Waals surface area contributed by atoms with Crippen LogP contribution in [0.2, 0.25) is 0 Å². The number of carbonyl (C=O) groups is 1. The maximum Gasteiger partial charge on any atom is 0.308 e. The van der Waals surface area contributed by atoms with Crippen molar-refractivity contribution in [3.63, 3.8) is 0 Å². The number of rotatable bonds is 2. The molecule has 1 heterocycles. The summed E-state index contributed by atoms with van der Waals surface area (Å²) in [6.45, 7) is 5.53. The van der Waals surface area contributed by atoms with Gasteiger partial charge in [-0.15, -0.1) is 0 Å². The lowest BCUT2D eigenvalue weighted by molar-refractivity contribution is -0.131.